The SMILES string of the molecule is Cl.Clc1ccccc1CN1CCC2CCC(C1)N2. The molecule has 1 N–H and O–H groups in total. The summed E-state index contributed by atoms with van der Waals surface area (Å²) in [6.07, 6.45) is 3.98. The van der Waals surface area contributed by atoms with Crippen LogP contribution in [0.4, 0.5) is 0 Å². The maximum absolute atomic E-state index is 6.22. The number of nitrogens with zero attached hydrogens (tertiary/aromatic N) is 1. The molecule has 0 aromatic heterocycles. The Morgan fingerprint density at radius 1 is 1.17 bits per heavy atom. The number of hydrogen-bond donors (Lipinski definition) is 1. The van der Waals surface area contributed by atoms with Crippen LogP contribution in [0.3, 0.4) is 0 Å². The van der Waals surface area contributed by atoms with E-state index >= 15 is 0 Å². The zero-order valence-electron chi connectivity index (χ0n) is 10.4. The number of fused-ring (bicyclic) bond motifs is 2. The minimum absolute atomic E-state index is 0. The molecular weight excluding hydrogens is 267 g/mol. The van der Waals surface area contributed by atoms with Gasteiger partial charge in [-0.25, -0.2) is 0 Å². The van der Waals surface area contributed by atoms with E-state index in [0.29, 0.717) is 6.04 Å². The van der Waals surface area contributed by atoms with Gasteiger partial charge in [0.05, 0.1) is 0 Å². The summed E-state index contributed by atoms with van der Waals surface area (Å²) < 4.78 is 0. The molecule has 0 saturated carbocycles. The van der Waals surface area contributed by atoms with E-state index in [-0.39, 0.29) is 12.4 Å². The maximum Gasteiger partial charge on any atom is 0.0451 e. The van der Waals surface area contributed by atoms with E-state index in [4.69, 9.17) is 11.6 Å². The number of hydrogen-bond acceptors (Lipinski definition) is 2. The second kappa shape index (κ2) is 6.25. The quantitative estimate of drug-likeness (QED) is 0.899. The van der Waals surface area contributed by atoms with Crippen molar-refractivity contribution in [3.05, 3.63) is 34.9 Å². The highest BCUT2D eigenvalue weighted by Crippen LogP contribution is 2.23. The molecule has 1 aromatic rings. The summed E-state index contributed by atoms with van der Waals surface area (Å²) in [6.45, 7) is 3.35. The first-order chi connectivity index (χ1) is 8.31. The minimum Gasteiger partial charge on any atom is -0.310 e. The monoisotopic (exact) mass is 286 g/mol. The largest absolute Gasteiger partial charge is 0.310 e. The minimum atomic E-state index is 0. The van der Waals surface area contributed by atoms with Crippen LogP contribution in [0, 0.1) is 0 Å². The van der Waals surface area contributed by atoms with Crippen molar-refractivity contribution in [3.63, 3.8) is 0 Å². The fraction of sp³-hybridized carbons (Fsp3) is 0.571. The Kier molecular flexibility index (Phi) is 4.91. The van der Waals surface area contributed by atoms with E-state index < -0.39 is 0 Å². The van der Waals surface area contributed by atoms with Crippen molar-refractivity contribution in [2.24, 2.45) is 0 Å². The third-order valence-electron chi connectivity index (χ3n) is 3.96. The molecule has 2 nitrogen and oxygen atoms in total. The second-order valence-corrected chi connectivity index (χ2v) is 5.66. The molecule has 2 atom stereocenters. The summed E-state index contributed by atoms with van der Waals surface area (Å²) >= 11 is 6.22. The first-order valence-corrected chi connectivity index (χ1v) is 6.91. The molecule has 2 fully saturated rings. The molecule has 2 heterocycles. The molecule has 4 heteroatoms. The van der Waals surface area contributed by atoms with Crippen molar-refractivity contribution >= 4 is 24.0 Å². The first-order valence-electron chi connectivity index (χ1n) is 6.53. The van der Waals surface area contributed by atoms with E-state index in [1.165, 1.54) is 37.9 Å². The van der Waals surface area contributed by atoms with Crippen LogP contribution in [-0.4, -0.2) is 30.1 Å². The topological polar surface area (TPSA) is 15.3 Å². The fourth-order valence-electron chi connectivity index (χ4n) is 3.03. The molecular formula is C14H20Cl2N2. The first kappa shape index (κ1) is 14.1. The van der Waals surface area contributed by atoms with Gasteiger partial charge in [-0.2, -0.15) is 0 Å². The van der Waals surface area contributed by atoms with Gasteiger partial charge >= 0.3 is 0 Å². The van der Waals surface area contributed by atoms with E-state index in [2.05, 4.69) is 22.3 Å². The van der Waals surface area contributed by atoms with E-state index in [1.807, 2.05) is 12.1 Å². The molecule has 0 amide bonds. The molecule has 2 saturated heterocycles. The molecule has 18 heavy (non-hydrogen) atoms. The molecule has 0 aliphatic carbocycles. The van der Waals surface area contributed by atoms with E-state index in [1.54, 1.807) is 0 Å². The summed E-state index contributed by atoms with van der Waals surface area (Å²) in [5, 5.41) is 4.61. The van der Waals surface area contributed by atoms with Crippen molar-refractivity contribution in [1.29, 1.82) is 0 Å². The lowest BCUT2D eigenvalue weighted by atomic mass is 10.1. The summed E-state index contributed by atoms with van der Waals surface area (Å²) in [6, 6.07) is 9.65. The molecule has 2 unspecified atom stereocenters. The third kappa shape index (κ3) is 3.18. The Bertz CT molecular complexity index is 397. The van der Waals surface area contributed by atoms with Crippen LogP contribution in [0.5, 0.6) is 0 Å². The van der Waals surface area contributed by atoms with Gasteiger partial charge in [0.25, 0.3) is 0 Å². The summed E-state index contributed by atoms with van der Waals surface area (Å²) in [7, 11) is 0. The predicted octanol–water partition coefficient (Wildman–Crippen LogP) is 3.09. The molecule has 0 radical (unpaired) electrons. The second-order valence-electron chi connectivity index (χ2n) is 5.25. The molecule has 2 aliphatic rings. The lowest BCUT2D eigenvalue weighted by molar-refractivity contribution is 0.251. The third-order valence-corrected chi connectivity index (χ3v) is 4.33. The smallest absolute Gasteiger partial charge is 0.0451 e. The zero-order chi connectivity index (χ0) is 11.7. The maximum atomic E-state index is 6.22. The molecule has 3 rings (SSSR count). The Morgan fingerprint density at radius 3 is 2.78 bits per heavy atom. The van der Waals surface area contributed by atoms with Crippen molar-refractivity contribution in [2.45, 2.75) is 37.9 Å². The molecule has 100 valence electrons. The van der Waals surface area contributed by atoms with Gasteiger partial charge in [-0.1, -0.05) is 29.8 Å². The number of rotatable bonds is 2. The lowest BCUT2D eigenvalue weighted by Crippen LogP contribution is -2.35. The van der Waals surface area contributed by atoms with Gasteiger partial charge in [0, 0.05) is 36.7 Å². The highest BCUT2D eigenvalue weighted by molar-refractivity contribution is 6.31. The van der Waals surface area contributed by atoms with Crippen LogP contribution in [-0.2, 0) is 6.54 Å². The highest BCUT2D eigenvalue weighted by atomic mass is 35.5. The van der Waals surface area contributed by atoms with Gasteiger partial charge in [0.15, 0.2) is 0 Å². The van der Waals surface area contributed by atoms with E-state index in [9.17, 15) is 0 Å². The molecule has 2 bridgehead atoms. The van der Waals surface area contributed by atoms with Crippen LogP contribution in [0.2, 0.25) is 5.02 Å². The average molecular weight is 287 g/mol. The summed E-state index contributed by atoms with van der Waals surface area (Å²) in [4.78, 5) is 2.54. The van der Waals surface area contributed by atoms with E-state index in [0.717, 1.165) is 17.6 Å². The Labute approximate surface area is 120 Å². The van der Waals surface area contributed by atoms with Gasteiger partial charge in [-0.3, -0.25) is 4.90 Å². The number of benzene rings is 1. The van der Waals surface area contributed by atoms with Crippen molar-refractivity contribution in [3.8, 4) is 0 Å². The van der Waals surface area contributed by atoms with Crippen LogP contribution >= 0.6 is 24.0 Å². The van der Waals surface area contributed by atoms with Crippen molar-refractivity contribution in [2.75, 3.05) is 13.1 Å². The van der Waals surface area contributed by atoms with Gasteiger partial charge in [-0.15, -0.1) is 12.4 Å². The normalized spacial score (nSPS) is 27.6. The zero-order valence-corrected chi connectivity index (χ0v) is 12.0. The number of halogens is 2. The molecule has 0 spiro atoms. The van der Waals surface area contributed by atoms with Crippen LogP contribution in [0.1, 0.15) is 24.8 Å². The number of nitrogens with one attached hydrogen (secondary N) is 1. The van der Waals surface area contributed by atoms with Gasteiger partial charge in [-0.05, 0) is 30.9 Å². The molecule has 1 aromatic carbocycles. The van der Waals surface area contributed by atoms with Crippen LogP contribution in [0.15, 0.2) is 24.3 Å². The standard InChI is InChI=1S/C14H19ClN2.ClH/c15-14-4-2-1-3-11(14)9-17-8-7-12-5-6-13(10-17)16-12;/h1-4,12-13,16H,5-10H2;1H. The number of likely N-dealkylation sites (tertiary alicyclic amines) is 1. The van der Waals surface area contributed by atoms with Gasteiger partial charge in [0.1, 0.15) is 0 Å². The average Bonchev–Trinajstić information content (AvgIpc) is 2.65. The lowest BCUT2D eigenvalue weighted by Gasteiger charge is -2.24. The molecule has 2 aliphatic heterocycles. The highest BCUT2D eigenvalue weighted by Gasteiger charge is 2.29. The van der Waals surface area contributed by atoms with Crippen LogP contribution in [0.25, 0.3) is 0 Å². The Morgan fingerprint density at radius 2 is 1.94 bits per heavy atom. The predicted molar refractivity (Wildman–Crippen MR) is 78.5 cm³/mol. The van der Waals surface area contributed by atoms with Gasteiger partial charge < -0.3 is 5.32 Å². The Hall–Kier alpha value is -0.280. The van der Waals surface area contributed by atoms with Crippen molar-refractivity contribution in [1.82, 2.24) is 10.2 Å². The fourth-order valence-corrected chi connectivity index (χ4v) is 3.22. The summed E-state index contributed by atoms with van der Waals surface area (Å²) in [5.74, 6) is 0. The Balaban J connectivity index is 0.00000120. The van der Waals surface area contributed by atoms with Gasteiger partial charge in [0.2, 0.25) is 0 Å². The van der Waals surface area contributed by atoms with Crippen molar-refractivity contribution < 1.29 is 0 Å². The summed E-state index contributed by atoms with van der Waals surface area (Å²) in [5.41, 5.74) is 1.26. The van der Waals surface area contributed by atoms with Crippen LogP contribution < -0.4 is 5.32 Å².